The van der Waals surface area contributed by atoms with Crippen LogP contribution in [0.2, 0.25) is 0 Å². The lowest BCUT2D eigenvalue weighted by atomic mass is 9.97. The van der Waals surface area contributed by atoms with E-state index in [9.17, 15) is 35.8 Å². The van der Waals surface area contributed by atoms with Gasteiger partial charge < -0.3 is 5.11 Å². The molecule has 34 heavy (non-hydrogen) atoms. The van der Waals surface area contributed by atoms with Crippen molar-refractivity contribution in [3.05, 3.63) is 71.8 Å². The van der Waals surface area contributed by atoms with Crippen LogP contribution in [0.1, 0.15) is 18.4 Å². The van der Waals surface area contributed by atoms with E-state index in [2.05, 4.69) is 10.5 Å². The maximum absolute atomic E-state index is 13.0. The van der Waals surface area contributed by atoms with Crippen molar-refractivity contribution in [2.45, 2.75) is 22.6 Å². The topological polar surface area (TPSA) is 170 Å². The van der Waals surface area contributed by atoms with E-state index in [0.717, 1.165) is 6.07 Å². The number of ketones is 1. The number of anilines is 1. The van der Waals surface area contributed by atoms with Crippen LogP contribution < -0.4 is 5.43 Å². The van der Waals surface area contributed by atoms with E-state index in [1.807, 2.05) is 0 Å². The molecular formula is C22H18N2O8S2. The van der Waals surface area contributed by atoms with E-state index < -0.39 is 42.6 Å². The molecule has 0 fully saturated rings. The molecule has 1 aliphatic rings. The first-order chi connectivity index (χ1) is 15.9. The van der Waals surface area contributed by atoms with Crippen molar-refractivity contribution in [1.29, 1.82) is 0 Å². The second-order valence-corrected chi connectivity index (χ2v) is 10.4. The summed E-state index contributed by atoms with van der Waals surface area (Å²) < 4.78 is 65.1. The van der Waals surface area contributed by atoms with Gasteiger partial charge in [-0.05, 0) is 30.2 Å². The highest BCUT2D eigenvalue weighted by Crippen LogP contribution is 2.37. The van der Waals surface area contributed by atoms with Crippen molar-refractivity contribution in [3.8, 4) is 5.75 Å². The van der Waals surface area contributed by atoms with Crippen LogP contribution >= 0.6 is 0 Å². The van der Waals surface area contributed by atoms with Gasteiger partial charge in [0, 0.05) is 16.8 Å². The Labute approximate surface area is 194 Å². The van der Waals surface area contributed by atoms with Gasteiger partial charge in [-0.2, -0.15) is 21.9 Å². The van der Waals surface area contributed by atoms with Gasteiger partial charge in [-0.15, -0.1) is 0 Å². The molecule has 3 aromatic carbocycles. The fourth-order valence-corrected chi connectivity index (χ4v) is 5.03. The minimum atomic E-state index is -4.62. The van der Waals surface area contributed by atoms with Crippen LogP contribution in [0.15, 0.2) is 81.1 Å². The standard InChI is InChI=1S/C22H18N2O8S2/c1-12-9-17(13-5-4-6-14(10-13)33(27,28)29)22(26)20(12)23-24-21-16-8-3-2-7-15(16)19(11-18(21)25)34(30,31)32/h2-11,17,24-25H,1H3,(H,27,28,29)(H,30,31,32). The number of nitrogens with zero attached hydrogens (tertiary/aromatic N) is 1. The highest BCUT2D eigenvalue weighted by atomic mass is 32.2. The molecule has 176 valence electrons. The minimum absolute atomic E-state index is 0.0181. The predicted molar refractivity (Wildman–Crippen MR) is 124 cm³/mol. The molecule has 0 saturated carbocycles. The molecule has 0 amide bonds. The number of phenolic OH excluding ortho intramolecular Hbond substituents is 1. The first-order valence-corrected chi connectivity index (χ1v) is 12.6. The molecule has 0 saturated heterocycles. The fourth-order valence-electron chi connectivity index (χ4n) is 3.78. The number of Topliss-reactive ketones (excluding diaryl/α,β-unsaturated/α-hetero) is 1. The molecule has 0 aliphatic heterocycles. The van der Waals surface area contributed by atoms with E-state index in [1.165, 1.54) is 30.3 Å². The van der Waals surface area contributed by atoms with Crippen LogP contribution in [0.5, 0.6) is 5.75 Å². The number of nitrogens with one attached hydrogen (secondary N) is 1. The number of fused-ring (bicyclic) bond motifs is 1. The summed E-state index contributed by atoms with van der Waals surface area (Å²) in [5.74, 6) is -1.80. The van der Waals surface area contributed by atoms with Gasteiger partial charge in [-0.1, -0.05) is 42.5 Å². The summed E-state index contributed by atoms with van der Waals surface area (Å²) in [6.45, 7) is 1.63. The smallest absolute Gasteiger partial charge is 0.295 e. The number of phenols is 1. The van der Waals surface area contributed by atoms with Crippen molar-refractivity contribution in [1.82, 2.24) is 0 Å². The van der Waals surface area contributed by atoms with Crippen LogP contribution in [-0.2, 0) is 25.0 Å². The van der Waals surface area contributed by atoms with Crippen molar-refractivity contribution in [2.75, 3.05) is 5.43 Å². The zero-order valence-electron chi connectivity index (χ0n) is 17.5. The van der Waals surface area contributed by atoms with Crippen molar-refractivity contribution >= 4 is 48.2 Å². The quantitative estimate of drug-likeness (QED) is 0.232. The number of benzene rings is 3. The van der Waals surface area contributed by atoms with Crippen molar-refractivity contribution in [3.63, 3.8) is 0 Å². The summed E-state index contributed by atoms with van der Waals surface area (Å²) in [5, 5.41) is 14.9. The molecule has 1 aliphatic carbocycles. The number of hydrogen-bond donors (Lipinski definition) is 4. The van der Waals surface area contributed by atoms with E-state index in [4.69, 9.17) is 0 Å². The summed E-state index contributed by atoms with van der Waals surface area (Å²) in [6.07, 6.45) is 1.59. The normalized spacial score (nSPS) is 17.9. The lowest BCUT2D eigenvalue weighted by Gasteiger charge is -2.12. The van der Waals surface area contributed by atoms with Crippen LogP contribution in [-0.4, -0.2) is 42.5 Å². The average Bonchev–Trinajstić information content (AvgIpc) is 3.05. The monoisotopic (exact) mass is 502 g/mol. The second kappa shape index (κ2) is 8.33. The van der Waals surface area contributed by atoms with Crippen LogP contribution in [0.4, 0.5) is 5.69 Å². The molecule has 0 spiro atoms. The molecule has 0 bridgehead atoms. The molecule has 12 heteroatoms. The lowest BCUT2D eigenvalue weighted by molar-refractivity contribution is -0.113. The average molecular weight is 503 g/mol. The van der Waals surface area contributed by atoms with Gasteiger partial charge in [-0.3, -0.25) is 19.3 Å². The largest absolute Gasteiger partial charge is 0.506 e. The number of carbonyl (C=O) groups is 1. The molecule has 1 unspecified atom stereocenters. The molecule has 1 atom stereocenters. The molecule has 3 aromatic rings. The van der Waals surface area contributed by atoms with Gasteiger partial charge in [0.2, 0.25) is 0 Å². The van der Waals surface area contributed by atoms with E-state index in [1.54, 1.807) is 31.2 Å². The molecule has 0 heterocycles. The lowest BCUT2D eigenvalue weighted by Crippen LogP contribution is -2.17. The zero-order chi connectivity index (χ0) is 24.8. The first-order valence-electron chi connectivity index (χ1n) is 9.74. The fraction of sp³-hybridized carbons (Fsp3) is 0.0909. The number of hydrogen-bond acceptors (Lipinski definition) is 8. The van der Waals surface area contributed by atoms with Crippen molar-refractivity contribution in [2.24, 2.45) is 5.10 Å². The Hall–Kier alpha value is -3.58. The number of rotatable bonds is 5. The van der Waals surface area contributed by atoms with E-state index in [0.29, 0.717) is 11.1 Å². The number of carbonyl (C=O) groups excluding carboxylic acids is 1. The molecule has 0 aromatic heterocycles. The highest BCUT2D eigenvalue weighted by molar-refractivity contribution is 7.86. The van der Waals surface area contributed by atoms with Gasteiger partial charge in [0.25, 0.3) is 20.2 Å². The molecule has 4 rings (SSSR count). The van der Waals surface area contributed by atoms with Crippen molar-refractivity contribution < 1.29 is 35.8 Å². The van der Waals surface area contributed by atoms with E-state index in [-0.39, 0.29) is 27.1 Å². The van der Waals surface area contributed by atoms with Gasteiger partial charge in [-0.25, -0.2) is 0 Å². The Morgan fingerprint density at radius 2 is 1.59 bits per heavy atom. The maximum Gasteiger partial charge on any atom is 0.295 e. The first kappa shape index (κ1) is 23.6. The van der Waals surface area contributed by atoms with Crippen LogP contribution in [0.25, 0.3) is 10.8 Å². The van der Waals surface area contributed by atoms with Gasteiger partial charge in [0.15, 0.2) is 5.78 Å². The Bertz CT molecular complexity index is 1620. The number of aromatic hydroxyl groups is 1. The summed E-state index contributed by atoms with van der Waals surface area (Å²) in [4.78, 5) is 12.2. The summed E-state index contributed by atoms with van der Waals surface area (Å²) in [7, 11) is -9.06. The Kier molecular flexibility index (Phi) is 5.77. The Morgan fingerprint density at radius 1 is 0.912 bits per heavy atom. The SMILES string of the molecule is CC1=CC(c2cccc(S(=O)(=O)O)c2)C(=O)C1=NNc1c(O)cc(S(=O)(=O)O)c2ccccc12. The third-order valence-corrected chi connectivity index (χ3v) is 7.11. The van der Waals surface area contributed by atoms with Crippen LogP contribution in [0.3, 0.4) is 0 Å². The van der Waals surface area contributed by atoms with Gasteiger partial charge in [0.1, 0.15) is 22.0 Å². The second-order valence-electron chi connectivity index (χ2n) is 7.60. The summed E-state index contributed by atoms with van der Waals surface area (Å²) >= 11 is 0. The maximum atomic E-state index is 13.0. The summed E-state index contributed by atoms with van der Waals surface area (Å²) in [6, 6.07) is 12.3. The molecule has 0 radical (unpaired) electrons. The van der Waals surface area contributed by atoms with Gasteiger partial charge >= 0.3 is 0 Å². The van der Waals surface area contributed by atoms with Gasteiger partial charge in [0.05, 0.1) is 10.8 Å². The third kappa shape index (κ3) is 4.31. The third-order valence-electron chi connectivity index (χ3n) is 5.36. The Balaban J connectivity index is 1.72. The zero-order valence-corrected chi connectivity index (χ0v) is 19.1. The summed E-state index contributed by atoms with van der Waals surface area (Å²) in [5.41, 5.74) is 3.48. The highest BCUT2D eigenvalue weighted by Gasteiger charge is 2.32. The number of hydrazone groups is 1. The molecule has 10 nitrogen and oxygen atoms in total. The number of allylic oxidation sites excluding steroid dienone is 2. The molecule has 4 N–H and O–H groups in total. The minimum Gasteiger partial charge on any atom is -0.506 e. The van der Waals surface area contributed by atoms with E-state index >= 15 is 0 Å². The molecular weight excluding hydrogens is 484 g/mol. The Morgan fingerprint density at radius 3 is 2.24 bits per heavy atom. The van der Waals surface area contributed by atoms with Crippen LogP contribution in [0, 0.1) is 0 Å². The predicted octanol–water partition coefficient (Wildman–Crippen LogP) is 3.12.